The van der Waals surface area contributed by atoms with E-state index in [2.05, 4.69) is 20.6 Å². The molecular weight excluding hydrogens is 446 g/mol. The van der Waals surface area contributed by atoms with Crippen LogP contribution in [0.2, 0.25) is 0 Å². The Kier molecular flexibility index (Phi) is 7.31. The molecule has 33 heavy (non-hydrogen) atoms. The van der Waals surface area contributed by atoms with Crippen molar-refractivity contribution in [3.63, 3.8) is 0 Å². The highest BCUT2D eigenvalue weighted by molar-refractivity contribution is 6.37. The number of hydrogen-bond donors (Lipinski definition) is 2. The van der Waals surface area contributed by atoms with Gasteiger partial charge in [-0.05, 0) is 31.0 Å². The van der Waals surface area contributed by atoms with Crippen molar-refractivity contribution in [1.82, 2.24) is 20.6 Å². The second-order valence-corrected chi connectivity index (χ2v) is 7.96. The van der Waals surface area contributed by atoms with E-state index in [1.165, 1.54) is 6.33 Å². The normalized spacial score (nSPS) is 20.3. The van der Waals surface area contributed by atoms with Gasteiger partial charge in [0.05, 0.1) is 11.2 Å². The van der Waals surface area contributed by atoms with E-state index in [1.807, 2.05) is 12.2 Å². The number of ether oxygens (including phenoxy) is 2. The molecule has 2 aromatic rings. The maximum Gasteiger partial charge on any atom is 0.257 e. The molecule has 2 N–H and O–H groups in total. The fourth-order valence-corrected chi connectivity index (χ4v) is 3.88. The molecule has 172 valence electrons. The van der Waals surface area contributed by atoms with Crippen molar-refractivity contribution in [2.45, 2.75) is 25.4 Å². The van der Waals surface area contributed by atoms with Crippen LogP contribution in [0.1, 0.15) is 19.3 Å². The minimum Gasteiger partial charge on any atom is -0.484 e. The molecule has 0 saturated heterocycles. The Balaban J connectivity index is 1.80. The quantitative estimate of drug-likeness (QED) is 0.663. The molecule has 1 aromatic carbocycles. The molecule has 0 spiro atoms. The van der Waals surface area contributed by atoms with Crippen LogP contribution in [0.4, 0.5) is 5.82 Å². The van der Waals surface area contributed by atoms with E-state index >= 15 is 0 Å². The number of aliphatic imine (C=N–C) groups is 1. The van der Waals surface area contributed by atoms with Gasteiger partial charge in [0.15, 0.2) is 12.4 Å². The SMILES string of the molecule is COC1CC=C(Cl)C2=CCNC(=O)CCCNC(=O)COc3ccc4ncnc(c4c3)N=C21. The predicted molar refractivity (Wildman–Crippen MR) is 125 cm³/mol. The summed E-state index contributed by atoms with van der Waals surface area (Å²) >= 11 is 6.52. The van der Waals surface area contributed by atoms with Gasteiger partial charge in [0.1, 0.15) is 18.2 Å². The molecule has 0 radical (unpaired) electrons. The minimum absolute atomic E-state index is 0.122. The van der Waals surface area contributed by atoms with Gasteiger partial charge < -0.3 is 20.1 Å². The van der Waals surface area contributed by atoms with Crippen LogP contribution in [0.5, 0.6) is 5.75 Å². The highest BCUT2D eigenvalue weighted by Crippen LogP contribution is 2.31. The number of hydrogen-bond acceptors (Lipinski definition) is 7. The zero-order chi connectivity index (χ0) is 23.2. The molecule has 2 heterocycles. The van der Waals surface area contributed by atoms with Crippen LogP contribution in [0, 0.1) is 0 Å². The van der Waals surface area contributed by atoms with Crippen molar-refractivity contribution in [1.29, 1.82) is 0 Å². The van der Waals surface area contributed by atoms with E-state index in [0.29, 0.717) is 58.2 Å². The Morgan fingerprint density at radius 3 is 2.88 bits per heavy atom. The Hall–Kier alpha value is -3.30. The first-order valence-electron chi connectivity index (χ1n) is 10.6. The second-order valence-electron chi connectivity index (χ2n) is 7.55. The van der Waals surface area contributed by atoms with Crippen LogP contribution < -0.4 is 15.4 Å². The first-order chi connectivity index (χ1) is 16.0. The van der Waals surface area contributed by atoms with E-state index < -0.39 is 0 Å². The molecule has 0 fully saturated rings. The van der Waals surface area contributed by atoms with E-state index in [0.717, 1.165) is 0 Å². The summed E-state index contributed by atoms with van der Waals surface area (Å²) in [6.07, 6.45) is 6.18. The number of halogens is 1. The summed E-state index contributed by atoms with van der Waals surface area (Å²) in [6, 6.07) is 5.29. The summed E-state index contributed by atoms with van der Waals surface area (Å²) < 4.78 is 11.3. The molecule has 1 atom stereocenters. The lowest BCUT2D eigenvalue weighted by Crippen LogP contribution is -2.31. The molecule has 1 aromatic heterocycles. The lowest BCUT2D eigenvalue weighted by atomic mass is 9.95. The number of benzene rings is 1. The Labute approximate surface area is 195 Å². The van der Waals surface area contributed by atoms with Gasteiger partial charge in [-0.15, -0.1) is 0 Å². The van der Waals surface area contributed by atoms with Gasteiger partial charge >= 0.3 is 0 Å². The number of nitrogens with zero attached hydrogens (tertiary/aromatic N) is 3. The Morgan fingerprint density at radius 1 is 1.15 bits per heavy atom. The average Bonchev–Trinajstić information content (AvgIpc) is 2.82. The summed E-state index contributed by atoms with van der Waals surface area (Å²) in [4.78, 5) is 37.7. The first kappa shape index (κ1) is 22.9. The molecule has 4 rings (SSSR count). The van der Waals surface area contributed by atoms with Crippen molar-refractivity contribution in [3.05, 3.63) is 47.3 Å². The highest BCUT2D eigenvalue weighted by Gasteiger charge is 2.26. The summed E-state index contributed by atoms with van der Waals surface area (Å²) in [7, 11) is 1.61. The summed E-state index contributed by atoms with van der Waals surface area (Å²) in [6.45, 7) is 0.518. The predicted octanol–water partition coefficient (Wildman–Crippen LogP) is 2.58. The molecule has 2 amide bonds. The molecule has 1 aliphatic carbocycles. The highest BCUT2D eigenvalue weighted by atomic mass is 35.5. The number of carbonyl (C=O) groups is 2. The number of fused-ring (bicyclic) bond motifs is 2. The molecule has 1 aliphatic heterocycles. The average molecular weight is 470 g/mol. The minimum atomic E-state index is -0.326. The zero-order valence-electron chi connectivity index (χ0n) is 18.1. The van der Waals surface area contributed by atoms with Crippen molar-refractivity contribution in [2.75, 3.05) is 26.8 Å². The summed E-state index contributed by atoms with van der Waals surface area (Å²) in [5.74, 6) is 0.536. The topological polar surface area (TPSA) is 115 Å². The molecule has 2 aliphatic rings. The molecule has 9 nitrogen and oxygen atoms in total. The largest absolute Gasteiger partial charge is 0.484 e. The molecule has 0 saturated carbocycles. The van der Waals surface area contributed by atoms with Crippen molar-refractivity contribution in [3.8, 4) is 5.75 Å². The smallest absolute Gasteiger partial charge is 0.257 e. The molecule has 2 bridgehead atoms. The van der Waals surface area contributed by atoms with E-state index in [1.54, 1.807) is 25.3 Å². The third-order valence-corrected chi connectivity index (χ3v) is 5.68. The lowest BCUT2D eigenvalue weighted by molar-refractivity contribution is -0.124. The molecule has 1 unspecified atom stereocenters. The van der Waals surface area contributed by atoms with Crippen LogP contribution in [0.25, 0.3) is 10.9 Å². The molecule has 10 heteroatoms. The maximum absolute atomic E-state index is 12.2. The van der Waals surface area contributed by atoms with Gasteiger partial charge in [-0.2, -0.15) is 0 Å². The van der Waals surface area contributed by atoms with Crippen LogP contribution in [-0.4, -0.2) is 60.4 Å². The van der Waals surface area contributed by atoms with Crippen molar-refractivity contribution in [2.24, 2.45) is 4.99 Å². The fraction of sp³-hybridized carbons (Fsp3) is 0.348. The number of allylic oxidation sites excluding steroid dienone is 1. The Morgan fingerprint density at radius 2 is 2.03 bits per heavy atom. The van der Waals surface area contributed by atoms with Crippen molar-refractivity contribution < 1.29 is 19.1 Å². The number of aromatic nitrogens is 2. The number of amides is 2. The van der Waals surface area contributed by atoms with Gasteiger partial charge in [0.25, 0.3) is 5.91 Å². The van der Waals surface area contributed by atoms with E-state index in [-0.39, 0.29) is 37.5 Å². The summed E-state index contributed by atoms with van der Waals surface area (Å²) in [5.41, 5.74) is 1.98. The van der Waals surface area contributed by atoms with Crippen LogP contribution >= 0.6 is 11.6 Å². The number of carbonyl (C=O) groups excluding carboxylic acids is 2. The van der Waals surface area contributed by atoms with E-state index in [4.69, 9.17) is 26.1 Å². The van der Waals surface area contributed by atoms with Crippen molar-refractivity contribution >= 4 is 45.8 Å². The van der Waals surface area contributed by atoms with Gasteiger partial charge in [0.2, 0.25) is 5.91 Å². The third kappa shape index (κ3) is 5.55. The first-order valence-corrected chi connectivity index (χ1v) is 11.0. The van der Waals surface area contributed by atoms with Gasteiger partial charge in [-0.1, -0.05) is 23.8 Å². The van der Waals surface area contributed by atoms with E-state index in [9.17, 15) is 9.59 Å². The van der Waals surface area contributed by atoms with Crippen LogP contribution in [-0.2, 0) is 14.3 Å². The third-order valence-electron chi connectivity index (χ3n) is 5.32. The summed E-state index contributed by atoms with van der Waals surface area (Å²) in [5, 5.41) is 6.80. The standard InChI is InChI=1S/C23H24ClN5O4/c1-32-19-7-5-17(24)15-8-10-26-20(30)3-2-9-25-21(31)12-33-14-4-6-18-16(11-14)23(28-13-27-18)29-22(15)19/h4-6,8,11,13,19H,2-3,7,9-10,12H2,1H3,(H,25,31)(H,26,30). The van der Waals surface area contributed by atoms with Gasteiger partial charge in [-0.3, -0.25) is 9.59 Å². The fourth-order valence-electron chi connectivity index (χ4n) is 3.62. The number of methoxy groups -OCH3 is 1. The number of rotatable bonds is 1. The Bertz CT molecular complexity index is 1160. The molecular formula is C23H24ClN5O4. The maximum atomic E-state index is 12.2. The zero-order valence-corrected chi connectivity index (χ0v) is 18.9. The van der Waals surface area contributed by atoms with Gasteiger partial charge in [-0.25, -0.2) is 15.0 Å². The van der Waals surface area contributed by atoms with Crippen LogP contribution in [0.15, 0.2) is 52.3 Å². The lowest BCUT2D eigenvalue weighted by Gasteiger charge is -2.24. The monoisotopic (exact) mass is 469 g/mol. The number of nitrogens with one attached hydrogen (secondary N) is 2. The van der Waals surface area contributed by atoms with Crippen LogP contribution in [0.3, 0.4) is 0 Å². The van der Waals surface area contributed by atoms with Gasteiger partial charge in [0, 0.05) is 42.6 Å². The second kappa shape index (κ2) is 10.5.